The van der Waals surface area contributed by atoms with Crippen molar-refractivity contribution in [3.63, 3.8) is 0 Å². The summed E-state index contributed by atoms with van der Waals surface area (Å²) in [5.74, 6) is -0.616. The molecule has 1 unspecified atom stereocenters. The second kappa shape index (κ2) is 7.67. The van der Waals surface area contributed by atoms with Crippen LogP contribution in [0.5, 0.6) is 5.75 Å². The van der Waals surface area contributed by atoms with Gasteiger partial charge in [-0.15, -0.1) is 0 Å². The van der Waals surface area contributed by atoms with E-state index in [9.17, 15) is 26.7 Å². The quantitative estimate of drug-likeness (QED) is 0.784. The Labute approximate surface area is 146 Å². The first kappa shape index (κ1) is 19.6. The van der Waals surface area contributed by atoms with Gasteiger partial charge in [0, 0.05) is 0 Å². The van der Waals surface area contributed by atoms with Gasteiger partial charge >= 0.3 is 12.8 Å². The Morgan fingerprint density at radius 3 is 2.23 bits per heavy atom. The predicted molar refractivity (Wildman–Crippen MR) is 82.9 cm³/mol. The Kier molecular flexibility index (Phi) is 5.79. The number of carbonyl (C=O) groups excluding carboxylic acids is 1. The van der Waals surface area contributed by atoms with Crippen molar-refractivity contribution in [2.75, 3.05) is 0 Å². The molecule has 0 radical (unpaired) electrons. The Hall–Kier alpha value is -2.71. The van der Waals surface area contributed by atoms with Gasteiger partial charge in [0.1, 0.15) is 11.4 Å². The summed E-state index contributed by atoms with van der Waals surface area (Å²) in [4.78, 5) is 15.7. The predicted octanol–water partition coefficient (Wildman–Crippen LogP) is 4.50. The van der Waals surface area contributed by atoms with Crippen LogP contribution < -0.4 is 10.1 Å². The van der Waals surface area contributed by atoms with Gasteiger partial charge in [0.15, 0.2) is 0 Å². The number of nitrogens with one attached hydrogen (secondary N) is 1. The summed E-state index contributed by atoms with van der Waals surface area (Å²) in [5.41, 5.74) is -0.501. The third-order valence-corrected chi connectivity index (χ3v) is 3.57. The molecule has 9 heteroatoms. The highest BCUT2D eigenvalue weighted by molar-refractivity contribution is 5.95. The van der Waals surface area contributed by atoms with Crippen LogP contribution in [0.2, 0.25) is 0 Å². The second-order valence-electron chi connectivity index (χ2n) is 5.47. The van der Waals surface area contributed by atoms with E-state index in [-0.39, 0.29) is 17.0 Å². The molecular formula is C17H15F5N2O2. The molecule has 1 N–H and O–H groups in total. The van der Waals surface area contributed by atoms with E-state index < -0.39 is 30.4 Å². The number of alkyl halides is 5. The van der Waals surface area contributed by atoms with Gasteiger partial charge in [0.05, 0.1) is 17.3 Å². The summed E-state index contributed by atoms with van der Waals surface area (Å²) in [5, 5.41) is 2.62. The number of amides is 1. The normalized spacial score (nSPS) is 12.8. The van der Waals surface area contributed by atoms with Gasteiger partial charge in [0.2, 0.25) is 0 Å². The molecule has 0 fully saturated rings. The van der Waals surface area contributed by atoms with Crippen molar-refractivity contribution < 1.29 is 31.5 Å². The molecule has 2 rings (SSSR count). The average molecular weight is 374 g/mol. The molecule has 0 spiro atoms. The smallest absolute Gasteiger partial charge is 0.433 e. The molecule has 1 aromatic heterocycles. The lowest BCUT2D eigenvalue weighted by Crippen LogP contribution is -2.27. The largest absolute Gasteiger partial charge is 0.435 e. The first-order chi connectivity index (χ1) is 12.1. The van der Waals surface area contributed by atoms with Crippen LogP contribution in [0, 0.1) is 6.92 Å². The molecule has 0 aliphatic carbocycles. The number of halogens is 5. The second-order valence-corrected chi connectivity index (χ2v) is 5.47. The molecule has 2 aromatic rings. The zero-order chi connectivity index (χ0) is 19.5. The highest BCUT2D eigenvalue weighted by Gasteiger charge is 2.33. The summed E-state index contributed by atoms with van der Waals surface area (Å²) in [6.07, 6.45) is -4.59. The van der Waals surface area contributed by atoms with Gasteiger partial charge in [-0.2, -0.15) is 22.0 Å². The number of carbonyl (C=O) groups is 1. The molecule has 1 heterocycles. The first-order valence-corrected chi connectivity index (χ1v) is 7.48. The number of nitrogens with zero attached hydrogens (tertiary/aromatic N) is 1. The van der Waals surface area contributed by atoms with E-state index in [1.807, 2.05) is 0 Å². The van der Waals surface area contributed by atoms with Crippen molar-refractivity contribution in [3.05, 3.63) is 58.9 Å². The van der Waals surface area contributed by atoms with Crippen molar-refractivity contribution in [2.45, 2.75) is 32.7 Å². The SMILES string of the molecule is Cc1nc(C(F)(F)F)ccc1C(=O)NC(C)c1ccc(OC(F)F)cc1. The third kappa shape index (κ3) is 4.90. The van der Waals surface area contributed by atoms with E-state index in [0.717, 1.165) is 12.1 Å². The fourth-order valence-corrected chi connectivity index (χ4v) is 2.25. The molecular weight excluding hydrogens is 359 g/mol. The number of rotatable bonds is 5. The summed E-state index contributed by atoms with van der Waals surface area (Å²) in [6, 6.07) is 6.95. The summed E-state index contributed by atoms with van der Waals surface area (Å²) in [7, 11) is 0. The molecule has 1 aromatic carbocycles. The van der Waals surface area contributed by atoms with Crippen molar-refractivity contribution in [3.8, 4) is 5.75 Å². The molecule has 140 valence electrons. The lowest BCUT2D eigenvalue weighted by atomic mass is 10.1. The van der Waals surface area contributed by atoms with E-state index in [4.69, 9.17) is 0 Å². The number of aromatic nitrogens is 1. The highest BCUT2D eigenvalue weighted by atomic mass is 19.4. The van der Waals surface area contributed by atoms with Crippen LogP contribution in [0.3, 0.4) is 0 Å². The summed E-state index contributed by atoms with van der Waals surface area (Å²) in [6.45, 7) is 0.0204. The highest BCUT2D eigenvalue weighted by Crippen LogP contribution is 2.28. The Morgan fingerprint density at radius 1 is 1.12 bits per heavy atom. The minimum Gasteiger partial charge on any atom is -0.435 e. The number of pyridine rings is 1. The van der Waals surface area contributed by atoms with Crippen molar-refractivity contribution in [1.82, 2.24) is 10.3 Å². The zero-order valence-corrected chi connectivity index (χ0v) is 13.8. The van der Waals surface area contributed by atoms with Crippen molar-refractivity contribution >= 4 is 5.91 Å². The van der Waals surface area contributed by atoms with Crippen LogP contribution in [0.1, 0.15) is 40.3 Å². The Bertz CT molecular complexity index is 776. The van der Waals surface area contributed by atoms with Crippen LogP contribution in [0.4, 0.5) is 22.0 Å². The minimum absolute atomic E-state index is 0.0162. The van der Waals surface area contributed by atoms with E-state index >= 15 is 0 Å². The van der Waals surface area contributed by atoms with E-state index in [1.165, 1.54) is 31.2 Å². The van der Waals surface area contributed by atoms with Gasteiger partial charge in [0.25, 0.3) is 5.91 Å². The fourth-order valence-electron chi connectivity index (χ4n) is 2.25. The Balaban J connectivity index is 2.09. The minimum atomic E-state index is -4.59. The average Bonchev–Trinajstić information content (AvgIpc) is 2.53. The summed E-state index contributed by atoms with van der Waals surface area (Å²) < 4.78 is 66.4. The number of ether oxygens (including phenoxy) is 1. The molecule has 26 heavy (non-hydrogen) atoms. The van der Waals surface area contributed by atoms with Gasteiger partial charge < -0.3 is 10.1 Å². The molecule has 0 aliphatic rings. The van der Waals surface area contributed by atoms with Crippen molar-refractivity contribution in [2.24, 2.45) is 0 Å². The van der Waals surface area contributed by atoms with E-state index in [0.29, 0.717) is 5.56 Å². The van der Waals surface area contributed by atoms with E-state index in [1.54, 1.807) is 6.92 Å². The van der Waals surface area contributed by atoms with Gasteiger partial charge in [-0.25, -0.2) is 4.98 Å². The van der Waals surface area contributed by atoms with Crippen LogP contribution in [-0.4, -0.2) is 17.5 Å². The number of benzene rings is 1. The number of hydrogen-bond acceptors (Lipinski definition) is 3. The third-order valence-electron chi connectivity index (χ3n) is 3.57. The lowest BCUT2D eigenvalue weighted by molar-refractivity contribution is -0.141. The molecule has 1 atom stereocenters. The maximum Gasteiger partial charge on any atom is 0.433 e. The van der Waals surface area contributed by atoms with Crippen molar-refractivity contribution in [1.29, 1.82) is 0 Å². The monoisotopic (exact) mass is 374 g/mol. The molecule has 0 saturated heterocycles. The van der Waals surface area contributed by atoms with Crippen LogP contribution in [-0.2, 0) is 6.18 Å². The van der Waals surface area contributed by atoms with Crippen LogP contribution >= 0.6 is 0 Å². The number of aryl methyl sites for hydroxylation is 1. The maximum absolute atomic E-state index is 12.6. The molecule has 0 aliphatic heterocycles. The lowest BCUT2D eigenvalue weighted by Gasteiger charge is -2.16. The number of hydrogen-bond donors (Lipinski definition) is 1. The first-order valence-electron chi connectivity index (χ1n) is 7.48. The Morgan fingerprint density at radius 2 is 1.73 bits per heavy atom. The van der Waals surface area contributed by atoms with Gasteiger partial charge in [-0.05, 0) is 43.7 Å². The van der Waals surface area contributed by atoms with Gasteiger partial charge in [-0.3, -0.25) is 4.79 Å². The standard InChI is InChI=1S/C17H15F5N2O2/c1-9(11-3-5-12(6-4-11)26-16(18)19)24-15(25)13-7-8-14(17(20,21)22)23-10(13)2/h3-9,16H,1-2H3,(H,24,25). The fraction of sp³-hybridized carbons (Fsp3) is 0.294. The molecule has 4 nitrogen and oxygen atoms in total. The molecule has 1 amide bonds. The van der Waals surface area contributed by atoms with Gasteiger partial charge in [-0.1, -0.05) is 12.1 Å². The molecule has 0 saturated carbocycles. The molecule has 0 bridgehead atoms. The zero-order valence-electron chi connectivity index (χ0n) is 13.8. The topological polar surface area (TPSA) is 51.2 Å². The maximum atomic E-state index is 12.6. The summed E-state index contributed by atoms with van der Waals surface area (Å²) >= 11 is 0. The van der Waals surface area contributed by atoms with Crippen LogP contribution in [0.15, 0.2) is 36.4 Å². The van der Waals surface area contributed by atoms with E-state index in [2.05, 4.69) is 15.0 Å². The van der Waals surface area contributed by atoms with Crippen LogP contribution in [0.25, 0.3) is 0 Å².